The van der Waals surface area contributed by atoms with Gasteiger partial charge in [0.1, 0.15) is 0 Å². The number of carboxylic acids is 1. The van der Waals surface area contributed by atoms with E-state index in [1.165, 1.54) is 6.07 Å². The van der Waals surface area contributed by atoms with Crippen molar-refractivity contribution in [2.75, 3.05) is 0 Å². The normalized spacial score (nSPS) is 11.9. The molecule has 110 valence electrons. The number of nitrogens with one attached hydrogen (secondary N) is 1. The fraction of sp³-hybridized carbons (Fsp3) is 0.429. The second-order valence-electron chi connectivity index (χ2n) is 4.67. The van der Waals surface area contributed by atoms with E-state index in [-0.39, 0.29) is 18.7 Å². The van der Waals surface area contributed by atoms with Gasteiger partial charge < -0.3 is 10.4 Å². The number of hydrogen-bond acceptors (Lipinski definition) is 2. The molecule has 0 saturated carbocycles. The Bertz CT molecular complexity index is 491. The molecule has 1 aromatic rings. The van der Waals surface area contributed by atoms with Gasteiger partial charge in [0, 0.05) is 12.5 Å². The third-order valence-electron chi connectivity index (χ3n) is 2.74. The lowest BCUT2D eigenvalue weighted by Gasteiger charge is -2.11. The van der Waals surface area contributed by atoms with Gasteiger partial charge in [0.15, 0.2) is 11.6 Å². The van der Waals surface area contributed by atoms with Gasteiger partial charge in [-0.3, -0.25) is 9.59 Å². The minimum Gasteiger partial charge on any atom is -0.481 e. The first-order chi connectivity index (χ1) is 9.38. The van der Waals surface area contributed by atoms with Crippen molar-refractivity contribution >= 4 is 11.9 Å². The summed E-state index contributed by atoms with van der Waals surface area (Å²) in [5.74, 6) is -3.02. The summed E-state index contributed by atoms with van der Waals surface area (Å²) in [4.78, 5) is 21.9. The van der Waals surface area contributed by atoms with Crippen LogP contribution in [-0.4, -0.2) is 23.0 Å². The van der Waals surface area contributed by atoms with Crippen LogP contribution in [0.2, 0.25) is 0 Å². The Morgan fingerprint density at radius 3 is 2.60 bits per heavy atom. The van der Waals surface area contributed by atoms with E-state index >= 15 is 0 Å². The highest BCUT2D eigenvalue weighted by molar-refractivity contribution is 5.77. The van der Waals surface area contributed by atoms with Crippen molar-refractivity contribution in [2.45, 2.75) is 38.6 Å². The number of benzene rings is 1. The van der Waals surface area contributed by atoms with Crippen LogP contribution in [0.3, 0.4) is 0 Å². The number of aliphatic carboxylic acids is 1. The largest absolute Gasteiger partial charge is 0.481 e. The van der Waals surface area contributed by atoms with Gasteiger partial charge in [0.25, 0.3) is 0 Å². The van der Waals surface area contributed by atoms with Gasteiger partial charge in [-0.25, -0.2) is 8.78 Å². The van der Waals surface area contributed by atoms with Gasteiger partial charge in [0.2, 0.25) is 5.91 Å². The SMILES string of the molecule is CC(CC(=O)O)NC(=O)CCCc1ccc(F)c(F)c1. The molecular formula is C14H17F2NO3. The lowest BCUT2D eigenvalue weighted by Crippen LogP contribution is -2.34. The number of amides is 1. The lowest BCUT2D eigenvalue weighted by molar-refractivity contribution is -0.137. The Morgan fingerprint density at radius 2 is 2.00 bits per heavy atom. The minimum absolute atomic E-state index is 0.130. The predicted molar refractivity (Wildman–Crippen MR) is 69.2 cm³/mol. The van der Waals surface area contributed by atoms with Crippen LogP contribution < -0.4 is 5.32 Å². The van der Waals surface area contributed by atoms with E-state index in [0.717, 1.165) is 12.1 Å². The number of carbonyl (C=O) groups is 2. The lowest BCUT2D eigenvalue weighted by atomic mass is 10.1. The summed E-state index contributed by atoms with van der Waals surface area (Å²) in [6.45, 7) is 1.61. The van der Waals surface area contributed by atoms with Gasteiger partial charge in [-0.05, 0) is 37.5 Å². The smallest absolute Gasteiger partial charge is 0.305 e. The molecular weight excluding hydrogens is 268 g/mol. The summed E-state index contributed by atoms with van der Waals surface area (Å²) in [7, 11) is 0. The van der Waals surface area contributed by atoms with E-state index in [1.807, 2.05) is 0 Å². The third kappa shape index (κ3) is 5.77. The van der Waals surface area contributed by atoms with E-state index in [9.17, 15) is 18.4 Å². The highest BCUT2D eigenvalue weighted by Gasteiger charge is 2.10. The van der Waals surface area contributed by atoms with Crippen LogP contribution in [0.1, 0.15) is 31.7 Å². The maximum Gasteiger partial charge on any atom is 0.305 e. The summed E-state index contributed by atoms with van der Waals surface area (Å²) >= 11 is 0. The monoisotopic (exact) mass is 285 g/mol. The molecule has 1 rings (SSSR count). The fourth-order valence-corrected chi connectivity index (χ4v) is 1.81. The molecule has 20 heavy (non-hydrogen) atoms. The standard InChI is InChI=1S/C14H17F2NO3/c1-9(7-14(19)20)17-13(18)4-2-3-10-5-6-11(15)12(16)8-10/h5-6,8-9H,2-4,7H2,1H3,(H,17,18)(H,19,20). The zero-order chi connectivity index (χ0) is 15.1. The van der Waals surface area contributed by atoms with Crippen LogP contribution >= 0.6 is 0 Å². The molecule has 0 heterocycles. The first kappa shape index (κ1) is 16.1. The Balaban J connectivity index is 2.31. The van der Waals surface area contributed by atoms with Crippen LogP contribution in [0, 0.1) is 11.6 Å². The first-order valence-electron chi connectivity index (χ1n) is 6.33. The minimum atomic E-state index is -0.973. The van der Waals surface area contributed by atoms with E-state index in [4.69, 9.17) is 5.11 Å². The van der Waals surface area contributed by atoms with Crippen LogP contribution in [0.15, 0.2) is 18.2 Å². The van der Waals surface area contributed by atoms with E-state index in [1.54, 1.807) is 6.92 Å². The maximum atomic E-state index is 12.9. The Kier molecular flexibility index (Phi) is 6.09. The van der Waals surface area contributed by atoms with E-state index in [2.05, 4.69) is 5.32 Å². The summed E-state index contributed by atoms with van der Waals surface area (Å²) < 4.78 is 25.7. The molecule has 1 amide bonds. The van der Waals surface area contributed by atoms with Gasteiger partial charge in [-0.1, -0.05) is 6.07 Å². The summed E-state index contributed by atoms with van der Waals surface area (Å²) in [5, 5.41) is 11.1. The van der Waals surface area contributed by atoms with Crippen molar-refractivity contribution in [1.82, 2.24) is 5.32 Å². The van der Waals surface area contributed by atoms with Crippen LogP contribution in [0.4, 0.5) is 8.78 Å². The predicted octanol–water partition coefficient (Wildman–Crippen LogP) is 2.27. The number of hydrogen-bond donors (Lipinski definition) is 2. The molecule has 0 aromatic heterocycles. The molecule has 2 N–H and O–H groups in total. The molecule has 4 nitrogen and oxygen atoms in total. The molecule has 0 bridgehead atoms. The zero-order valence-electron chi connectivity index (χ0n) is 11.2. The molecule has 0 aliphatic rings. The molecule has 0 saturated heterocycles. The average molecular weight is 285 g/mol. The number of halogens is 2. The van der Waals surface area contributed by atoms with Crippen LogP contribution in [-0.2, 0) is 16.0 Å². The van der Waals surface area contributed by atoms with Gasteiger partial charge in [0.05, 0.1) is 6.42 Å². The highest BCUT2D eigenvalue weighted by atomic mass is 19.2. The quantitative estimate of drug-likeness (QED) is 0.807. The average Bonchev–Trinajstić information content (AvgIpc) is 2.32. The molecule has 0 spiro atoms. The molecule has 6 heteroatoms. The van der Waals surface area contributed by atoms with E-state index < -0.39 is 23.6 Å². The van der Waals surface area contributed by atoms with Crippen molar-refractivity contribution < 1.29 is 23.5 Å². The Morgan fingerprint density at radius 1 is 1.30 bits per heavy atom. The molecule has 0 fully saturated rings. The van der Waals surface area contributed by atoms with Crippen molar-refractivity contribution in [3.8, 4) is 0 Å². The summed E-state index contributed by atoms with van der Waals surface area (Å²) in [6.07, 6.45) is 1.02. The number of rotatable bonds is 7. The number of carboxylic acid groups (broad SMARTS) is 1. The van der Waals surface area contributed by atoms with Crippen molar-refractivity contribution in [2.24, 2.45) is 0 Å². The van der Waals surface area contributed by atoms with Gasteiger partial charge in [-0.15, -0.1) is 0 Å². The molecule has 0 aliphatic carbocycles. The molecule has 0 radical (unpaired) electrons. The Labute approximate surface area is 115 Å². The second-order valence-corrected chi connectivity index (χ2v) is 4.67. The van der Waals surface area contributed by atoms with Crippen molar-refractivity contribution in [3.05, 3.63) is 35.4 Å². The topological polar surface area (TPSA) is 66.4 Å². The fourth-order valence-electron chi connectivity index (χ4n) is 1.81. The van der Waals surface area contributed by atoms with Gasteiger partial charge in [-0.2, -0.15) is 0 Å². The molecule has 1 atom stereocenters. The second kappa shape index (κ2) is 7.57. The number of aryl methyl sites for hydroxylation is 1. The maximum absolute atomic E-state index is 12.9. The van der Waals surface area contributed by atoms with Gasteiger partial charge >= 0.3 is 5.97 Å². The van der Waals surface area contributed by atoms with Crippen LogP contribution in [0.5, 0.6) is 0 Å². The third-order valence-corrected chi connectivity index (χ3v) is 2.74. The summed E-state index contributed by atoms with van der Waals surface area (Å²) in [6, 6.07) is 3.21. The van der Waals surface area contributed by atoms with Crippen LogP contribution in [0.25, 0.3) is 0 Å². The zero-order valence-corrected chi connectivity index (χ0v) is 11.2. The Hall–Kier alpha value is -1.98. The number of carbonyl (C=O) groups excluding carboxylic acids is 1. The molecule has 1 unspecified atom stereocenters. The molecule has 1 aromatic carbocycles. The highest BCUT2D eigenvalue weighted by Crippen LogP contribution is 2.11. The van der Waals surface area contributed by atoms with Crippen molar-refractivity contribution in [1.29, 1.82) is 0 Å². The summed E-state index contributed by atoms with van der Waals surface area (Å²) in [5.41, 5.74) is 0.621. The van der Waals surface area contributed by atoms with E-state index in [0.29, 0.717) is 18.4 Å². The first-order valence-corrected chi connectivity index (χ1v) is 6.33. The van der Waals surface area contributed by atoms with Crippen molar-refractivity contribution in [3.63, 3.8) is 0 Å². The molecule has 0 aliphatic heterocycles.